The number of carbonyl (C=O) groups excluding carboxylic acids is 2. The molecule has 3 atom stereocenters. The van der Waals surface area contributed by atoms with Gasteiger partial charge in [0.2, 0.25) is 5.91 Å². The standard InChI is InChI=1S/C26H33FN2O4Si/c1-18-24(19-12-8-7-9-13-19)32-25(31)29(18)23(30)17-22(33-34(5,6)26(2,3)4)21(27)16-20-14-10-11-15-28-20/h7-16,18,22,24H,17H2,1-6H3/b21-16+/t18-,22-,24-/m0/s1. The number of imide groups is 1. The molecule has 6 nitrogen and oxygen atoms in total. The van der Waals surface area contributed by atoms with Crippen LogP contribution in [-0.2, 0) is 14.0 Å². The number of pyridine rings is 1. The van der Waals surface area contributed by atoms with Crippen LogP contribution in [0.15, 0.2) is 60.6 Å². The summed E-state index contributed by atoms with van der Waals surface area (Å²) in [6, 6.07) is 13.9. The highest BCUT2D eigenvalue weighted by atomic mass is 28.4. The Morgan fingerprint density at radius 3 is 2.44 bits per heavy atom. The molecule has 0 spiro atoms. The summed E-state index contributed by atoms with van der Waals surface area (Å²) in [5, 5.41) is -0.197. The van der Waals surface area contributed by atoms with Gasteiger partial charge in [-0.15, -0.1) is 0 Å². The van der Waals surface area contributed by atoms with Crippen molar-refractivity contribution in [1.82, 2.24) is 9.88 Å². The van der Waals surface area contributed by atoms with Crippen molar-refractivity contribution in [3.8, 4) is 0 Å². The molecule has 0 saturated carbocycles. The lowest BCUT2D eigenvalue weighted by Crippen LogP contribution is -2.46. The fraction of sp³-hybridized carbons (Fsp3) is 0.423. The van der Waals surface area contributed by atoms with E-state index in [4.69, 9.17) is 9.16 Å². The molecule has 8 heteroatoms. The Bertz CT molecular complexity index is 1040. The van der Waals surface area contributed by atoms with Crippen molar-refractivity contribution >= 4 is 26.4 Å². The molecular formula is C26H33FN2O4Si. The molecular weight excluding hydrogens is 451 g/mol. The van der Waals surface area contributed by atoms with Gasteiger partial charge in [0, 0.05) is 6.20 Å². The third kappa shape index (κ3) is 5.80. The van der Waals surface area contributed by atoms with E-state index in [0.29, 0.717) is 5.69 Å². The SMILES string of the molecule is C[C@H]1[C@@H](c2ccccc2)OC(=O)N1C(=O)C[C@H](O[Si](C)(C)C(C)(C)C)/C(F)=C\c1ccccn1. The van der Waals surface area contributed by atoms with Gasteiger partial charge in [-0.25, -0.2) is 14.1 Å². The Morgan fingerprint density at radius 2 is 1.85 bits per heavy atom. The van der Waals surface area contributed by atoms with Gasteiger partial charge in [-0.3, -0.25) is 9.78 Å². The lowest BCUT2D eigenvalue weighted by Gasteiger charge is -2.39. The minimum atomic E-state index is -2.44. The van der Waals surface area contributed by atoms with Crippen molar-refractivity contribution in [3.63, 3.8) is 0 Å². The Labute approximate surface area is 201 Å². The second kappa shape index (κ2) is 10.2. The maximum absolute atomic E-state index is 15.5. The molecule has 1 fully saturated rings. The van der Waals surface area contributed by atoms with Crippen molar-refractivity contribution in [2.45, 2.75) is 70.5 Å². The number of rotatable bonds is 7. The third-order valence-corrected chi connectivity index (χ3v) is 11.0. The lowest BCUT2D eigenvalue weighted by atomic mass is 10.0. The first-order valence-corrected chi connectivity index (χ1v) is 14.3. The summed E-state index contributed by atoms with van der Waals surface area (Å²) in [5.41, 5.74) is 1.23. The van der Waals surface area contributed by atoms with Gasteiger partial charge in [0.05, 0.1) is 18.2 Å². The molecule has 0 aliphatic carbocycles. The Morgan fingerprint density at radius 1 is 1.21 bits per heavy atom. The molecule has 3 rings (SSSR count). The summed E-state index contributed by atoms with van der Waals surface area (Å²) in [6.07, 6.45) is 0.0929. The Hall–Kier alpha value is -2.84. The minimum Gasteiger partial charge on any atom is -0.439 e. The monoisotopic (exact) mass is 484 g/mol. The van der Waals surface area contributed by atoms with Gasteiger partial charge in [0.15, 0.2) is 8.32 Å². The van der Waals surface area contributed by atoms with Gasteiger partial charge in [-0.2, -0.15) is 0 Å². The first-order valence-electron chi connectivity index (χ1n) is 11.4. The lowest BCUT2D eigenvalue weighted by molar-refractivity contribution is -0.130. The number of aromatic nitrogens is 1. The summed E-state index contributed by atoms with van der Waals surface area (Å²) in [6.45, 7) is 11.9. The number of benzene rings is 1. The second-order valence-electron chi connectivity index (χ2n) is 10.1. The number of ether oxygens (including phenoxy) is 1. The quantitative estimate of drug-likeness (QED) is 0.433. The minimum absolute atomic E-state index is 0.197. The van der Waals surface area contributed by atoms with Gasteiger partial charge in [-0.1, -0.05) is 57.2 Å². The summed E-state index contributed by atoms with van der Waals surface area (Å²) >= 11 is 0. The Balaban J connectivity index is 1.86. The van der Waals surface area contributed by atoms with Crippen LogP contribution < -0.4 is 0 Å². The van der Waals surface area contributed by atoms with Crippen molar-refractivity contribution < 1.29 is 23.1 Å². The van der Waals surface area contributed by atoms with E-state index in [1.165, 1.54) is 6.08 Å². The maximum Gasteiger partial charge on any atom is 0.417 e. The average Bonchev–Trinajstić information content (AvgIpc) is 3.07. The molecule has 2 heterocycles. The molecule has 0 bridgehead atoms. The first kappa shape index (κ1) is 25.8. The predicted octanol–water partition coefficient (Wildman–Crippen LogP) is 6.28. The topological polar surface area (TPSA) is 68.7 Å². The van der Waals surface area contributed by atoms with Crippen LogP contribution >= 0.6 is 0 Å². The number of halogens is 1. The number of amides is 2. The van der Waals surface area contributed by atoms with E-state index in [2.05, 4.69) is 4.98 Å². The van der Waals surface area contributed by atoms with Crippen molar-refractivity contribution in [1.29, 1.82) is 0 Å². The molecule has 1 aliphatic heterocycles. The molecule has 1 aromatic heterocycles. The van der Waals surface area contributed by atoms with Gasteiger partial charge in [0.1, 0.15) is 18.0 Å². The van der Waals surface area contributed by atoms with E-state index in [0.717, 1.165) is 10.5 Å². The number of hydrogen-bond donors (Lipinski definition) is 0. The molecule has 0 unspecified atom stereocenters. The highest BCUT2D eigenvalue weighted by Gasteiger charge is 2.45. The normalized spacial score (nSPS) is 20.3. The third-order valence-electron chi connectivity index (χ3n) is 6.55. The predicted molar refractivity (Wildman–Crippen MR) is 132 cm³/mol. The van der Waals surface area contributed by atoms with Crippen LogP contribution in [-0.4, -0.2) is 42.3 Å². The van der Waals surface area contributed by atoms with Gasteiger partial charge in [0.25, 0.3) is 0 Å². The van der Waals surface area contributed by atoms with Crippen LogP contribution in [0.3, 0.4) is 0 Å². The van der Waals surface area contributed by atoms with Crippen molar-refractivity contribution in [3.05, 3.63) is 71.8 Å². The molecule has 1 aromatic carbocycles. The molecule has 0 N–H and O–H groups in total. The number of hydrogen-bond acceptors (Lipinski definition) is 5. The zero-order valence-electron chi connectivity index (χ0n) is 20.6. The first-order chi connectivity index (χ1) is 15.9. The summed E-state index contributed by atoms with van der Waals surface area (Å²) in [4.78, 5) is 31.1. The van der Waals surface area contributed by atoms with E-state index in [-0.39, 0.29) is 11.5 Å². The fourth-order valence-electron chi connectivity index (χ4n) is 3.56. The average molecular weight is 485 g/mol. The number of nitrogens with zero attached hydrogens (tertiary/aromatic N) is 2. The van der Waals surface area contributed by atoms with E-state index in [9.17, 15) is 9.59 Å². The van der Waals surface area contributed by atoms with Gasteiger partial charge < -0.3 is 9.16 Å². The highest BCUT2D eigenvalue weighted by Crippen LogP contribution is 2.39. The summed E-state index contributed by atoms with van der Waals surface area (Å²) in [7, 11) is -2.44. The second-order valence-corrected chi connectivity index (χ2v) is 14.8. The van der Waals surface area contributed by atoms with Gasteiger partial charge >= 0.3 is 6.09 Å². The highest BCUT2D eigenvalue weighted by molar-refractivity contribution is 6.74. The summed E-state index contributed by atoms with van der Waals surface area (Å²) in [5.74, 6) is -1.14. The van der Waals surface area contributed by atoms with Crippen LogP contribution in [0.25, 0.3) is 6.08 Å². The van der Waals surface area contributed by atoms with Crippen LogP contribution in [0.1, 0.15) is 51.5 Å². The van der Waals surface area contributed by atoms with E-state index < -0.39 is 44.4 Å². The largest absolute Gasteiger partial charge is 0.439 e. The molecule has 2 amide bonds. The van der Waals surface area contributed by atoms with E-state index in [1.807, 2.05) is 64.2 Å². The number of carbonyl (C=O) groups is 2. The summed E-state index contributed by atoms with van der Waals surface area (Å²) < 4.78 is 27.3. The zero-order chi connectivity index (χ0) is 25.1. The molecule has 1 saturated heterocycles. The van der Waals surface area contributed by atoms with Crippen LogP contribution in [0.5, 0.6) is 0 Å². The molecule has 1 aliphatic rings. The van der Waals surface area contributed by atoms with Crippen LogP contribution in [0, 0.1) is 0 Å². The fourth-order valence-corrected chi connectivity index (χ4v) is 4.82. The zero-order valence-corrected chi connectivity index (χ0v) is 21.6. The Kier molecular flexibility index (Phi) is 7.73. The molecule has 182 valence electrons. The van der Waals surface area contributed by atoms with E-state index in [1.54, 1.807) is 31.3 Å². The van der Waals surface area contributed by atoms with Crippen LogP contribution in [0.4, 0.5) is 9.18 Å². The number of cyclic esters (lactones) is 1. The molecule has 0 radical (unpaired) electrons. The van der Waals surface area contributed by atoms with Crippen LogP contribution in [0.2, 0.25) is 18.1 Å². The van der Waals surface area contributed by atoms with E-state index >= 15 is 4.39 Å². The van der Waals surface area contributed by atoms with Gasteiger partial charge in [-0.05, 0) is 48.8 Å². The molecule has 2 aromatic rings. The van der Waals surface area contributed by atoms with Crippen molar-refractivity contribution in [2.75, 3.05) is 0 Å². The van der Waals surface area contributed by atoms with Crippen molar-refractivity contribution in [2.24, 2.45) is 0 Å². The smallest absolute Gasteiger partial charge is 0.417 e. The maximum atomic E-state index is 15.5. The molecule has 34 heavy (non-hydrogen) atoms.